The molecule has 0 heterocycles. The van der Waals surface area contributed by atoms with Crippen LogP contribution in [0.15, 0.2) is 48.6 Å². The Labute approximate surface area is 312 Å². The molecule has 0 aromatic rings. The molecule has 0 aromatic carbocycles. The van der Waals surface area contributed by atoms with Crippen molar-refractivity contribution in [1.29, 1.82) is 0 Å². The highest BCUT2D eigenvalue weighted by molar-refractivity contribution is 5.70. The monoisotopic (exact) mass is 718 g/mol. The molecule has 0 saturated heterocycles. The van der Waals surface area contributed by atoms with E-state index in [4.69, 9.17) is 14.2 Å². The van der Waals surface area contributed by atoms with E-state index in [1.165, 1.54) is 70.6 Å². The molecule has 8 heteroatoms. The van der Waals surface area contributed by atoms with Crippen LogP contribution in [0.1, 0.15) is 155 Å². The highest BCUT2D eigenvalue weighted by atomic mass is 16.6. The van der Waals surface area contributed by atoms with E-state index in [9.17, 15) is 19.5 Å². The molecule has 8 nitrogen and oxygen atoms in total. The van der Waals surface area contributed by atoms with Gasteiger partial charge >= 0.3 is 11.9 Å². The SMILES string of the molecule is CC/C=C\C/C=C\C/C=C\C/C=C\CCC(=O)OC(COCCC(C(=O)[O-])[N+](C)(C)C)COC(=O)CCCCCCCCCCCCCCCC. The maximum absolute atomic E-state index is 12.6. The third-order valence-electron chi connectivity index (χ3n) is 8.74. The van der Waals surface area contributed by atoms with Crippen LogP contribution in [0.4, 0.5) is 0 Å². The summed E-state index contributed by atoms with van der Waals surface area (Å²) in [4.78, 5) is 36.7. The van der Waals surface area contributed by atoms with Gasteiger partial charge in [0.1, 0.15) is 12.6 Å². The van der Waals surface area contributed by atoms with Gasteiger partial charge in [0, 0.05) is 19.3 Å². The van der Waals surface area contributed by atoms with E-state index in [-0.39, 0.29) is 43.1 Å². The number of nitrogens with zero attached hydrogens (tertiary/aromatic N) is 1. The molecule has 0 rings (SSSR count). The first-order valence-corrected chi connectivity index (χ1v) is 20.2. The zero-order valence-electron chi connectivity index (χ0n) is 33.3. The van der Waals surface area contributed by atoms with E-state index >= 15 is 0 Å². The van der Waals surface area contributed by atoms with Crippen molar-refractivity contribution in [3.8, 4) is 0 Å². The summed E-state index contributed by atoms with van der Waals surface area (Å²) in [6, 6.07) is -0.736. The Morgan fingerprint density at radius 3 is 1.59 bits per heavy atom. The summed E-state index contributed by atoms with van der Waals surface area (Å²) in [6.07, 6.45) is 38.6. The molecule has 2 atom stereocenters. The molecule has 0 fully saturated rings. The highest BCUT2D eigenvalue weighted by Gasteiger charge is 2.25. The Bertz CT molecular complexity index is 979. The number of carbonyl (C=O) groups excluding carboxylic acids is 3. The minimum atomic E-state index is -1.14. The lowest BCUT2D eigenvalue weighted by Gasteiger charge is -2.34. The molecule has 0 aliphatic rings. The topological polar surface area (TPSA) is 102 Å². The molecule has 294 valence electrons. The highest BCUT2D eigenvalue weighted by Crippen LogP contribution is 2.14. The Balaban J connectivity index is 4.48. The van der Waals surface area contributed by atoms with Crippen molar-refractivity contribution in [1.82, 2.24) is 0 Å². The molecular formula is C43H75NO7. The van der Waals surface area contributed by atoms with Crippen molar-refractivity contribution in [3.05, 3.63) is 48.6 Å². The Kier molecular flexibility index (Phi) is 32.6. The average molecular weight is 718 g/mol. The third-order valence-corrected chi connectivity index (χ3v) is 8.74. The van der Waals surface area contributed by atoms with Gasteiger partial charge in [-0.1, -0.05) is 146 Å². The fourth-order valence-corrected chi connectivity index (χ4v) is 5.61. The van der Waals surface area contributed by atoms with Gasteiger partial charge in [-0.2, -0.15) is 0 Å². The number of likely N-dealkylation sites (N-methyl/N-ethyl adjacent to an activating group) is 1. The first-order chi connectivity index (χ1) is 24.6. The van der Waals surface area contributed by atoms with Crippen LogP contribution in [0.25, 0.3) is 0 Å². The van der Waals surface area contributed by atoms with Gasteiger partial charge in [-0.25, -0.2) is 0 Å². The molecule has 0 N–H and O–H groups in total. The molecule has 2 unspecified atom stereocenters. The molecule has 0 amide bonds. The maximum Gasteiger partial charge on any atom is 0.306 e. The number of ether oxygens (including phenoxy) is 3. The lowest BCUT2D eigenvalue weighted by molar-refractivity contribution is -0.889. The largest absolute Gasteiger partial charge is 0.544 e. The van der Waals surface area contributed by atoms with Crippen molar-refractivity contribution < 1.29 is 38.2 Å². The minimum absolute atomic E-state index is 0.0127. The normalized spacial score (nSPS) is 13.5. The van der Waals surface area contributed by atoms with E-state index in [0.29, 0.717) is 12.8 Å². The van der Waals surface area contributed by atoms with Crippen molar-refractivity contribution >= 4 is 17.9 Å². The molecule has 0 radical (unpaired) electrons. The molecule has 51 heavy (non-hydrogen) atoms. The van der Waals surface area contributed by atoms with Crippen molar-refractivity contribution in [2.45, 2.75) is 167 Å². The number of hydrogen-bond donors (Lipinski definition) is 0. The van der Waals surface area contributed by atoms with E-state index in [2.05, 4.69) is 50.3 Å². The first-order valence-electron chi connectivity index (χ1n) is 20.2. The maximum atomic E-state index is 12.6. The molecule has 0 aliphatic heterocycles. The Morgan fingerprint density at radius 2 is 1.10 bits per heavy atom. The summed E-state index contributed by atoms with van der Waals surface area (Å²) in [5.74, 6) is -1.84. The second kappa shape index (κ2) is 34.4. The van der Waals surface area contributed by atoms with E-state index in [0.717, 1.165) is 44.9 Å². The Hall–Kier alpha value is -2.71. The van der Waals surface area contributed by atoms with Gasteiger partial charge in [0.15, 0.2) is 6.10 Å². The molecule has 0 aromatic heterocycles. The number of carboxylic acid groups (broad SMARTS) is 1. The second-order valence-electron chi connectivity index (χ2n) is 14.5. The van der Waals surface area contributed by atoms with E-state index < -0.39 is 24.1 Å². The van der Waals surface area contributed by atoms with E-state index in [1.54, 1.807) is 21.1 Å². The summed E-state index contributed by atoms with van der Waals surface area (Å²) < 4.78 is 17.0. The minimum Gasteiger partial charge on any atom is -0.544 e. The molecular weight excluding hydrogens is 642 g/mol. The van der Waals surface area contributed by atoms with E-state index in [1.807, 2.05) is 12.2 Å². The van der Waals surface area contributed by atoms with Gasteiger partial charge in [0.05, 0.1) is 40.3 Å². The van der Waals surface area contributed by atoms with Gasteiger partial charge in [0.2, 0.25) is 0 Å². The fourth-order valence-electron chi connectivity index (χ4n) is 5.61. The van der Waals surface area contributed by atoms with Crippen LogP contribution in [0.2, 0.25) is 0 Å². The van der Waals surface area contributed by atoms with Crippen LogP contribution in [-0.4, -0.2) is 75.5 Å². The summed E-state index contributed by atoms with van der Waals surface area (Å²) in [5.41, 5.74) is 0. The number of quaternary nitrogens is 1. The van der Waals surface area contributed by atoms with Crippen LogP contribution < -0.4 is 5.11 Å². The lowest BCUT2D eigenvalue weighted by atomic mass is 10.0. The number of esters is 2. The average Bonchev–Trinajstić information content (AvgIpc) is 3.08. The number of carboxylic acids is 1. The summed E-state index contributed by atoms with van der Waals surface area (Å²) in [5, 5.41) is 11.6. The van der Waals surface area contributed by atoms with Crippen LogP contribution in [0.3, 0.4) is 0 Å². The molecule has 0 saturated carbocycles. The van der Waals surface area contributed by atoms with Gasteiger partial charge in [0.25, 0.3) is 0 Å². The summed E-state index contributed by atoms with van der Waals surface area (Å²) >= 11 is 0. The number of aliphatic carboxylic acids is 1. The number of unbranched alkanes of at least 4 members (excludes halogenated alkanes) is 13. The summed E-state index contributed by atoms with van der Waals surface area (Å²) in [7, 11) is 5.37. The number of hydrogen-bond acceptors (Lipinski definition) is 7. The summed E-state index contributed by atoms with van der Waals surface area (Å²) in [6.45, 7) is 4.45. The van der Waals surface area contributed by atoms with Crippen molar-refractivity contribution in [2.24, 2.45) is 0 Å². The predicted molar refractivity (Wildman–Crippen MR) is 208 cm³/mol. The third kappa shape index (κ3) is 32.9. The number of allylic oxidation sites excluding steroid dienone is 8. The smallest absolute Gasteiger partial charge is 0.306 e. The van der Waals surface area contributed by atoms with Crippen LogP contribution in [-0.2, 0) is 28.6 Å². The lowest BCUT2D eigenvalue weighted by Crippen LogP contribution is -2.55. The number of carbonyl (C=O) groups is 3. The van der Waals surface area contributed by atoms with Gasteiger partial charge in [-0.15, -0.1) is 0 Å². The van der Waals surface area contributed by atoms with Gasteiger partial charge in [-0.3, -0.25) is 9.59 Å². The number of rotatable bonds is 35. The zero-order chi connectivity index (χ0) is 37.8. The van der Waals surface area contributed by atoms with Crippen molar-refractivity contribution in [3.63, 3.8) is 0 Å². The van der Waals surface area contributed by atoms with Gasteiger partial charge < -0.3 is 28.6 Å². The van der Waals surface area contributed by atoms with Crippen molar-refractivity contribution in [2.75, 3.05) is 41.0 Å². The second-order valence-corrected chi connectivity index (χ2v) is 14.5. The van der Waals surface area contributed by atoms with Gasteiger partial charge in [-0.05, 0) is 38.5 Å². The predicted octanol–water partition coefficient (Wildman–Crippen LogP) is 9.13. The van der Waals surface area contributed by atoms with Crippen LogP contribution in [0.5, 0.6) is 0 Å². The zero-order valence-corrected chi connectivity index (χ0v) is 33.3. The van der Waals surface area contributed by atoms with Crippen LogP contribution in [0, 0.1) is 0 Å². The molecule has 0 spiro atoms. The molecule has 0 bridgehead atoms. The quantitative estimate of drug-likeness (QED) is 0.0279. The molecule has 0 aliphatic carbocycles. The standard InChI is InChI=1S/C43H75NO7/c1-6-8-10-12-14-16-18-20-22-23-25-27-29-31-33-41(45)50-38-39(37-49-36-35-40(43(47)48)44(3,4)5)51-42(46)34-32-30-28-26-24-21-19-17-15-13-11-9-7-2/h9,11,15,17,21,24,28,30,39-40H,6-8,10,12-14,16,18-20,22-23,25-27,29,31-38H2,1-5H3/b11-9-,17-15-,24-21-,30-28-. The van der Waals surface area contributed by atoms with Crippen LogP contribution >= 0.6 is 0 Å². The Morgan fingerprint density at radius 1 is 0.608 bits per heavy atom. The first kappa shape index (κ1) is 48.3. The fraction of sp³-hybridized carbons (Fsp3) is 0.744.